The molecule has 0 aliphatic carbocycles. The zero-order valence-electron chi connectivity index (χ0n) is 12.4. The summed E-state index contributed by atoms with van der Waals surface area (Å²) in [6.45, 7) is 9.50. The van der Waals surface area contributed by atoms with Crippen LogP contribution >= 0.6 is 22.9 Å². The van der Waals surface area contributed by atoms with Gasteiger partial charge in [-0.05, 0) is 26.0 Å². The SMILES string of the molecule is CCN(CCOC)Cc1nc(Cl)c2c(C)c(C)sc2n1. The van der Waals surface area contributed by atoms with Gasteiger partial charge in [-0.2, -0.15) is 0 Å². The number of nitrogens with zero attached hydrogens (tertiary/aromatic N) is 3. The van der Waals surface area contributed by atoms with Crippen molar-refractivity contribution in [3.05, 3.63) is 21.4 Å². The summed E-state index contributed by atoms with van der Waals surface area (Å²) in [7, 11) is 1.71. The van der Waals surface area contributed by atoms with Crippen molar-refractivity contribution in [2.24, 2.45) is 0 Å². The maximum Gasteiger partial charge on any atom is 0.145 e. The number of aryl methyl sites for hydroxylation is 2. The molecule has 0 radical (unpaired) electrons. The topological polar surface area (TPSA) is 38.2 Å². The maximum absolute atomic E-state index is 6.32. The zero-order chi connectivity index (χ0) is 14.7. The normalized spacial score (nSPS) is 11.7. The highest BCUT2D eigenvalue weighted by Gasteiger charge is 2.14. The van der Waals surface area contributed by atoms with Crippen LogP contribution in [0.25, 0.3) is 10.2 Å². The fraction of sp³-hybridized carbons (Fsp3) is 0.571. The van der Waals surface area contributed by atoms with Crippen LogP contribution in [-0.4, -0.2) is 41.7 Å². The van der Waals surface area contributed by atoms with Gasteiger partial charge in [-0.1, -0.05) is 18.5 Å². The number of halogens is 1. The highest BCUT2D eigenvalue weighted by atomic mass is 35.5. The lowest BCUT2D eigenvalue weighted by molar-refractivity contribution is 0.146. The van der Waals surface area contributed by atoms with E-state index >= 15 is 0 Å². The van der Waals surface area contributed by atoms with Gasteiger partial charge < -0.3 is 4.74 Å². The summed E-state index contributed by atoms with van der Waals surface area (Å²) in [5, 5.41) is 1.56. The summed E-state index contributed by atoms with van der Waals surface area (Å²) in [6, 6.07) is 0. The Labute approximate surface area is 128 Å². The zero-order valence-corrected chi connectivity index (χ0v) is 13.9. The Morgan fingerprint density at radius 3 is 2.70 bits per heavy atom. The number of aromatic nitrogens is 2. The molecule has 0 fully saturated rings. The van der Waals surface area contributed by atoms with Crippen LogP contribution in [-0.2, 0) is 11.3 Å². The molecule has 2 aromatic heterocycles. The molecule has 0 spiro atoms. The minimum absolute atomic E-state index is 0.564. The fourth-order valence-corrected chi connectivity index (χ4v) is 3.52. The average Bonchev–Trinajstić information content (AvgIpc) is 2.70. The minimum atomic E-state index is 0.564. The van der Waals surface area contributed by atoms with Gasteiger partial charge in [0.05, 0.1) is 18.5 Å². The van der Waals surface area contributed by atoms with Gasteiger partial charge in [-0.3, -0.25) is 4.90 Å². The summed E-state index contributed by atoms with van der Waals surface area (Å²) >= 11 is 8.01. The molecular formula is C14H20ClN3OS. The third-order valence-electron chi connectivity index (χ3n) is 3.45. The predicted octanol–water partition coefficient (Wildman–Crippen LogP) is 3.43. The quantitative estimate of drug-likeness (QED) is 0.766. The van der Waals surface area contributed by atoms with E-state index in [1.807, 2.05) is 0 Å². The first-order chi connectivity index (χ1) is 9.56. The molecule has 0 aliphatic rings. The van der Waals surface area contributed by atoms with E-state index in [9.17, 15) is 0 Å². The number of thiophene rings is 1. The van der Waals surface area contributed by atoms with Crippen LogP contribution in [0, 0.1) is 13.8 Å². The Morgan fingerprint density at radius 1 is 1.30 bits per heavy atom. The second kappa shape index (κ2) is 6.80. The van der Waals surface area contributed by atoms with Crippen molar-refractivity contribution in [3.63, 3.8) is 0 Å². The van der Waals surface area contributed by atoms with Gasteiger partial charge >= 0.3 is 0 Å². The van der Waals surface area contributed by atoms with E-state index in [0.29, 0.717) is 18.3 Å². The van der Waals surface area contributed by atoms with Crippen molar-refractivity contribution < 1.29 is 4.74 Å². The van der Waals surface area contributed by atoms with E-state index in [2.05, 4.69) is 35.6 Å². The molecule has 0 aliphatic heterocycles. The number of rotatable bonds is 6. The summed E-state index contributed by atoms with van der Waals surface area (Å²) < 4.78 is 5.12. The molecule has 4 nitrogen and oxygen atoms in total. The third-order valence-corrected chi connectivity index (χ3v) is 4.83. The first-order valence-electron chi connectivity index (χ1n) is 6.70. The Morgan fingerprint density at radius 2 is 2.05 bits per heavy atom. The van der Waals surface area contributed by atoms with Crippen LogP contribution in [0.3, 0.4) is 0 Å². The second-order valence-corrected chi connectivity index (χ2v) is 6.32. The molecule has 0 N–H and O–H groups in total. The highest BCUT2D eigenvalue weighted by molar-refractivity contribution is 7.18. The van der Waals surface area contributed by atoms with E-state index in [-0.39, 0.29) is 0 Å². The molecule has 0 saturated carbocycles. The van der Waals surface area contributed by atoms with Crippen LogP contribution < -0.4 is 0 Å². The van der Waals surface area contributed by atoms with Gasteiger partial charge in [0.15, 0.2) is 0 Å². The van der Waals surface area contributed by atoms with Crippen LogP contribution in [0.5, 0.6) is 0 Å². The Hall–Kier alpha value is -0.750. The second-order valence-electron chi connectivity index (χ2n) is 4.76. The molecule has 110 valence electrons. The first-order valence-corrected chi connectivity index (χ1v) is 7.89. The standard InChI is InChI=1S/C14H20ClN3OS/c1-5-18(6-7-19-4)8-11-16-13(15)12-9(2)10(3)20-14(12)17-11/h5-8H2,1-4H3. The number of hydrogen-bond donors (Lipinski definition) is 0. The van der Waals surface area contributed by atoms with Gasteiger partial charge in [0.2, 0.25) is 0 Å². The van der Waals surface area contributed by atoms with Gasteiger partial charge in [-0.25, -0.2) is 9.97 Å². The maximum atomic E-state index is 6.32. The lowest BCUT2D eigenvalue weighted by Gasteiger charge is -2.18. The molecule has 0 unspecified atom stereocenters. The van der Waals surface area contributed by atoms with Crippen LogP contribution in [0.4, 0.5) is 0 Å². The van der Waals surface area contributed by atoms with Gasteiger partial charge in [0, 0.05) is 18.5 Å². The van der Waals surface area contributed by atoms with Crippen molar-refractivity contribution in [3.8, 4) is 0 Å². The summed E-state index contributed by atoms with van der Waals surface area (Å²) in [4.78, 5) is 13.6. The monoisotopic (exact) mass is 313 g/mol. The molecule has 0 aromatic carbocycles. The van der Waals surface area contributed by atoms with Crippen molar-refractivity contribution >= 4 is 33.2 Å². The molecular weight excluding hydrogens is 294 g/mol. The lowest BCUT2D eigenvalue weighted by atomic mass is 10.2. The molecule has 0 saturated heterocycles. The third kappa shape index (κ3) is 3.28. The number of ether oxygens (including phenoxy) is 1. The van der Waals surface area contributed by atoms with Crippen molar-refractivity contribution in [1.82, 2.24) is 14.9 Å². The molecule has 6 heteroatoms. The summed E-state index contributed by atoms with van der Waals surface area (Å²) in [6.07, 6.45) is 0. The molecule has 2 aromatic rings. The van der Waals surface area contributed by atoms with E-state index in [1.165, 1.54) is 10.4 Å². The largest absolute Gasteiger partial charge is 0.383 e. The first kappa shape index (κ1) is 15.6. The molecule has 0 amide bonds. The van der Waals surface area contributed by atoms with Gasteiger partial charge in [-0.15, -0.1) is 11.3 Å². The van der Waals surface area contributed by atoms with E-state index in [1.54, 1.807) is 18.4 Å². The smallest absolute Gasteiger partial charge is 0.145 e. The molecule has 0 atom stereocenters. The lowest BCUT2D eigenvalue weighted by Crippen LogP contribution is -2.27. The number of fused-ring (bicyclic) bond motifs is 1. The van der Waals surface area contributed by atoms with Crippen molar-refractivity contribution in [1.29, 1.82) is 0 Å². The van der Waals surface area contributed by atoms with Gasteiger partial charge in [0.25, 0.3) is 0 Å². The highest BCUT2D eigenvalue weighted by Crippen LogP contribution is 2.32. The average molecular weight is 314 g/mol. The Bertz CT molecular complexity index is 600. The van der Waals surface area contributed by atoms with Gasteiger partial charge in [0.1, 0.15) is 15.8 Å². The minimum Gasteiger partial charge on any atom is -0.383 e. The summed E-state index contributed by atoms with van der Waals surface area (Å²) in [5.74, 6) is 0.779. The van der Waals surface area contributed by atoms with Crippen LogP contribution in [0.1, 0.15) is 23.2 Å². The van der Waals surface area contributed by atoms with E-state index in [0.717, 1.165) is 29.1 Å². The molecule has 20 heavy (non-hydrogen) atoms. The van der Waals surface area contributed by atoms with Crippen LogP contribution in [0.15, 0.2) is 0 Å². The van der Waals surface area contributed by atoms with Crippen LogP contribution in [0.2, 0.25) is 5.15 Å². The Balaban J connectivity index is 2.27. The number of likely N-dealkylation sites (N-methyl/N-ethyl adjacent to an activating group) is 1. The van der Waals surface area contributed by atoms with Crippen molar-refractivity contribution in [2.45, 2.75) is 27.3 Å². The fourth-order valence-electron chi connectivity index (χ4n) is 2.08. The Kier molecular flexibility index (Phi) is 5.32. The number of methoxy groups -OCH3 is 1. The number of hydrogen-bond acceptors (Lipinski definition) is 5. The predicted molar refractivity (Wildman–Crippen MR) is 84.7 cm³/mol. The van der Waals surface area contributed by atoms with E-state index in [4.69, 9.17) is 16.3 Å². The van der Waals surface area contributed by atoms with Crippen molar-refractivity contribution in [2.75, 3.05) is 26.8 Å². The molecule has 0 bridgehead atoms. The summed E-state index contributed by atoms with van der Waals surface area (Å²) in [5.41, 5.74) is 1.19. The molecule has 2 rings (SSSR count). The molecule has 2 heterocycles. The van der Waals surface area contributed by atoms with E-state index < -0.39 is 0 Å².